The monoisotopic (exact) mass is 344 g/mol. The van der Waals surface area contributed by atoms with Crippen LogP contribution in [-0.2, 0) is 0 Å². The Morgan fingerprint density at radius 3 is 2.91 bits per heavy atom. The van der Waals surface area contributed by atoms with Crippen LogP contribution in [0.25, 0.3) is 0 Å². The van der Waals surface area contributed by atoms with Crippen LogP contribution in [0.1, 0.15) is 31.4 Å². The van der Waals surface area contributed by atoms with Crippen molar-refractivity contribution < 1.29 is 18.7 Å². The van der Waals surface area contributed by atoms with Gasteiger partial charge in [-0.3, -0.25) is 0 Å². The first kappa shape index (κ1) is 18.0. The molecule has 1 fully saturated rings. The van der Waals surface area contributed by atoms with Crippen LogP contribution in [-0.4, -0.2) is 46.7 Å². The maximum Gasteiger partial charge on any atom is 0.318 e. The number of aliphatic hydroxyl groups excluding tert-OH is 1. The Kier molecular flexibility index (Phi) is 6.24. The van der Waals surface area contributed by atoms with Crippen molar-refractivity contribution in [2.75, 3.05) is 18.6 Å². The Balaban J connectivity index is 2.19. The highest BCUT2D eigenvalue weighted by atomic mass is 32.2. The minimum atomic E-state index is -0.742. The van der Waals surface area contributed by atoms with Gasteiger partial charge in [0.2, 0.25) is 0 Å². The standard InChI is InChI=1S/C16H22F2N2O2S/c1-3-11(9-23-2)19-16(22)20-8-12(21)7-15(20)13-6-10(17)4-5-14(13)18/h4-6,11-12,15,21H,3,7-9H2,1-2H3,(H,19,22). The number of urea groups is 1. The highest BCUT2D eigenvalue weighted by molar-refractivity contribution is 7.98. The van der Waals surface area contributed by atoms with Crippen molar-refractivity contribution in [1.82, 2.24) is 10.2 Å². The Bertz CT molecular complexity index is 559. The van der Waals surface area contributed by atoms with Gasteiger partial charge in [0.1, 0.15) is 11.6 Å². The number of thioether (sulfide) groups is 1. The zero-order chi connectivity index (χ0) is 17.0. The maximum absolute atomic E-state index is 14.0. The molecule has 128 valence electrons. The van der Waals surface area contributed by atoms with Gasteiger partial charge < -0.3 is 15.3 Å². The van der Waals surface area contributed by atoms with Crippen molar-refractivity contribution in [2.24, 2.45) is 0 Å². The zero-order valence-corrected chi connectivity index (χ0v) is 14.1. The van der Waals surface area contributed by atoms with E-state index in [1.165, 1.54) is 4.90 Å². The fourth-order valence-electron chi connectivity index (χ4n) is 2.82. The maximum atomic E-state index is 14.0. The number of hydrogen-bond acceptors (Lipinski definition) is 3. The summed E-state index contributed by atoms with van der Waals surface area (Å²) in [5.41, 5.74) is 0.106. The molecule has 7 heteroatoms. The molecule has 0 spiro atoms. The van der Waals surface area contributed by atoms with Gasteiger partial charge in [0.05, 0.1) is 12.1 Å². The molecule has 0 saturated carbocycles. The first-order valence-corrected chi connectivity index (χ1v) is 9.04. The second-order valence-electron chi connectivity index (χ2n) is 5.73. The van der Waals surface area contributed by atoms with E-state index in [4.69, 9.17) is 0 Å². The van der Waals surface area contributed by atoms with Crippen LogP contribution >= 0.6 is 11.8 Å². The first-order valence-electron chi connectivity index (χ1n) is 7.65. The molecule has 0 radical (unpaired) electrons. The highest BCUT2D eigenvalue weighted by Gasteiger charge is 2.37. The van der Waals surface area contributed by atoms with E-state index < -0.39 is 23.8 Å². The molecule has 1 saturated heterocycles. The van der Waals surface area contributed by atoms with E-state index in [2.05, 4.69) is 5.32 Å². The van der Waals surface area contributed by atoms with Gasteiger partial charge in [-0.15, -0.1) is 0 Å². The Hall–Kier alpha value is -1.34. The van der Waals surface area contributed by atoms with Gasteiger partial charge >= 0.3 is 6.03 Å². The van der Waals surface area contributed by atoms with Crippen molar-refractivity contribution >= 4 is 17.8 Å². The minimum Gasteiger partial charge on any atom is -0.391 e. The van der Waals surface area contributed by atoms with E-state index >= 15 is 0 Å². The van der Waals surface area contributed by atoms with Crippen molar-refractivity contribution in [3.63, 3.8) is 0 Å². The molecule has 4 nitrogen and oxygen atoms in total. The molecule has 0 aliphatic carbocycles. The molecule has 0 aromatic heterocycles. The van der Waals surface area contributed by atoms with Crippen molar-refractivity contribution in [3.05, 3.63) is 35.4 Å². The number of benzene rings is 1. The SMILES string of the molecule is CCC(CSC)NC(=O)N1CC(O)CC1c1cc(F)ccc1F. The summed E-state index contributed by atoms with van der Waals surface area (Å²) >= 11 is 1.63. The number of hydrogen-bond donors (Lipinski definition) is 2. The van der Waals surface area contributed by atoms with Crippen LogP contribution in [0.5, 0.6) is 0 Å². The molecule has 2 amide bonds. The Labute approximate surface area is 139 Å². The van der Waals surface area contributed by atoms with E-state index in [1.54, 1.807) is 11.8 Å². The van der Waals surface area contributed by atoms with Gasteiger partial charge in [-0.25, -0.2) is 13.6 Å². The fourth-order valence-corrected chi connectivity index (χ4v) is 3.54. The number of β-amino-alcohol motifs (C(OH)–C–C–N with tert-alkyl or cyclic N) is 1. The number of nitrogens with zero attached hydrogens (tertiary/aromatic N) is 1. The molecule has 1 heterocycles. The third kappa shape index (κ3) is 4.35. The van der Waals surface area contributed by atoms with Crippen LogP contribution in [0.15, 0.2) is 18.2 Å². The van der Waals surface area contributed by atoms with E-state index in [1.807, 2.05) is 13.2 Å². The summed E-state index contributed by atoms with van der Waals surface area (Å²) in [4.78, 5) is 13.9. The summed E-state index contributed by atoms with van der Waals surface area (Å²) < 4.78 is 27.5. The number of amides is 2. The van der Waals surface area contributed by atoms with E-state index in [0.717, 1.165) is 30.4 Å². The summed E-state index contributed by atoms with van der Waals surface area (Å²) in [5, 5.41) is 12.8. The summed E-state index contributed by atoms with van der Waals surface area (Å²) in [6.45, 7) is 2.09. The molecule has 1 aromatic carbocycles. The van der Waals surface area contributed by atoms with Crippen molar-refractivity contribution in [2.45, 2.75) is 38.0 Å². The molecular formula is C16H22F2N2O2S. The Morgan fingerprint density at radius 1 is 1.52 bits per heavy atom. The third-order valence-electron chi connectivity index (χ3n) is 4.05. The smallest absolute Gasteiger partial charge is 0.318 e. The predicted octanol–water partition coefficient (Wildman–Crippen LogP) is 2.92. The van der Waals surface area contributed by atoms with Crippen LogP contribution in [0, 0.1) is 11.6 Å². The number of carbonyl (C=O) groups is 1. The van der Waals surface area contributed by atoms with E-state index in [0.29, 0.717) is 0 Å². The number of nitrogens with one attached hydrogen (secondary N) is 1. The molecule has 1 aromatic rings. The van der Waals surface area contributed by atoms with Gasteiger partial charge in [0, 0.05) is 23.9 Å². The minimum absolute atomic E-state index is 0.00764. The number of halogens is 2. The normalized spacial score (nSPS) is 22.2. The largest absolute Gasteiger partial charge is 0.391 e. The van der Waals surface area contributed by atoms with Crippen molar-refractivity contribution in [3.8, 4) is 0 Å². The van der Waals surface area contributed by atoms with Crippen molar-refractivity contribution in [1.29, 1.82) is 0 Å². The third-order valence-corrected chi connectivity index (χ3v) is 4.78. The second kappa shape index (κ2) is 7.97. The number of likely N-dealkylation sites (tertiary alicyclic amines) is 1. The lowest BCUT2D eigenvalue weighted by Crippen LogP contribution is -2.45. The number of rotatable bonds is 5. The van der Waals surface area contributed by atoms with Gasteiger partial charge in [-0.2, -0.15) is 11.8 Å². The second-order valence-corrected chi connectivity index (χ2v) is 6.64. The number of carbonyl (C=O) groups excluding carboxylic acids is 1. The molecule has 1 aliphatic heterocycles. The molecule has 3 atom stereocenters. The molecular weight excluding hydrogens is 322 g/mol. The summed E-state index contributed by atoms with van der Waals surface area (Å²) in [6, 6.07) is 2.18. The zero-order valence-electron chi connectivity index (χ0n) is 13.3. The van der Waals surface area contributed by atoms with E-state index in [9.17, 15) is 18.7 Å². The number of aliphatic hydroxyl groups is 1. The summed E-state index contributed by atoms with van der Waals surface area (Å²) in [6.07, 6.45) is 2.20. The van der Waals surface area contributed by atoms with Crippen LogP contribution in [0.3, 0.4) is 0 Å². The molecule has 0 bridgehead atoms. The van der Waals surface area contributed by atoms with E-state index in [-0.39, 0.29) is 30.6 Å². The lowest BCUT2D eigenvalue weighted by Gasteiger charge is -2.27. The highest BCUT2D eigenvalue weighted by Crippen LogP contribution is 2.34. The van der Waals surface area contributed by atoms with Gasteiger partial charge in [-0.1, -0.05) is 6.92 Å². The molecule has 2 N–H and O–H groups in total. The van der Waals surface area contributed by atoms with Crippen LogP contribution in [0.4, 0.5) is 13.6 Å². The molecule has 2 rings (SSSR count). The Morgan fingerprint density at radius 2 is 2.26 bits per heavy atom. The lowest BCUT2D eigenvalue weighted by atomic mass is 10.0. The average Bonchev–Trinajstić information content (AvgIpc) is 2.91. The quantitative estimate of drug-likeness (QED) is 0.863. The van der Waals surface area contributed by atoms with Gasteiger partial charge in [0.25, 0.3) is 0 Å². The van der Waals surface area contributed by atoms with Gasteiger partial charge in [-0.05, 0) is 37.3 Å². The predicted molar refractivity (Wildman–Crippen MR) is 87.4 cm³/mol. The summed E-state index contributed by atoms with van der Waals surface area (Å²) in [5.74, 6) is -0.353. The summed E-state index contributed by atoms with van der Waals surface area (Å²) in [7, 11) is 0. The molecule has 23 heavy (non-hydrogen) atoms. The fraction of sp³-hybridized carbons (Fsp3) is 0.562. The molecule has 1 aliphatic rings. The van der Waals surface area contributed by atoms with Crippen LogP contribution in [0.2, 0.25) is 0 Å². The lowest BCUT2D eigenvalue weighted by molar-refractivity contribution is 0.167. The average molecular weight is 344 g/mol. The van der Waals surface area contributed by atoms with Gasteiger partial charge in [0.15, 0.2) is 0 Å². The topological polar surface area (TPSA) is 52.6 Å². The molecule has 3 unspecified atom stereocenters. The first-order chi connectivity index (χ1) is 11.0. The van der Waals surface area contributed by atoms with Crippen LogP contribution < -0.4 is 5.32 Å².